The van der Waals surface area contributed by atoms with Crippen LogP contribution in [0.3, 0.4) is 0 Å². The fourth-order valence-electron chi connectivity index (χ4n) is 2.80. The molecule has 0 saturated heterocycles. The van der Waals surface area contributed by atoms with E-state index in [4.69, 9.17) is 4.74 Å². The largest absolute Gasteiger partial charge is 0.452 e. The molecule has 1 aromatic carbocycles. The number of aryl methyl sites for hydroxylation is 1. The molecule has 1 saturated carbocycles. The lowest BCUT2D eigenvalue weighted by molar-refractivity contribution is -0.125. The molecule has 0 radical (unpaired) electrons. The number of nitrogens with one attached hydrogen (secondary N) is 2. The van der Waals surface area contributed by atoms with Gasteiger partial charge in [-0.1, -0.05) is 23.9 Å². The lowest BCUT2D eigenvalue weighted by atomic mass is 10.2. The van der Waals surface area contributed by atoms with Gasteiger partial charge < -0.3 is 19.9 Å². The van der Waals surface area contributed by atoms with Gasteiger partial charge in [0.2, 0.25) is 5.91 Å². The maximum Gasteiger partial charge on any atom is 0.340 e. The highest BCUT2D eigenvalue weighted by Crippen LogP contribution is 2.32. The predicted octanol–water partition coefficient (Wildman–Crippen LogP) is 2.22. The smallest absolute Gasteiger partial charge is 0.340 e. The van der Waals surface area contributed by atoms with Crippen LogP contribution in [0.5, 0.6) is 0 Å². The number of thioether (sulfide) groups is 1. The Hall–Kier alpha value is -2.81. The Morgan fingerprint density at radius 2 is 2.03 bits per heavy atom. The molecule has 0 spiro atoms. The number of ether oxygens (including phenoxy) is 1. The van der Waals surface area contributed by atoms with Gasteiger partial charge in [-0.2, -0.15) is 0 Å². The van der Waals surface area contributed by atoms with Crippen LogP contribution in [0.4, 0.5) is 5.69 Å². The maximum absolute atomic E-state index is 12.4. The van der Waals surface area contributed by atoms with Crippen LogP contribution >= 0.6 is 11.8 Å². The molecule has 0 unspecified atom stereocenters. The molecule has 1 atom stereocenters. The van der Waals surface area contributed by atoms with E-state index in [0.29, 0.717) is 11.6 Å². The molecular formula is C20H24N4O4S. The summed E-state index contributed by atoms with van der Waals surface area (Å²) in [7, 11) is 1.85. The first-order valence-corrected chi connectivity index (χ1v) is 10.4. The summed E-state index contributed by atoms with van der Waals surface area (Å²) in [5, 5.41) is 6.27. The summed E-state index contributed by atoms with van der Waals surface area (Å²) < 4.78 is 6.94. The minimum atomic E-state index is -0.660. The number of carbonyl (C=O) groups excluding carboxylic acids is 3. The number of esters is 1. The van der Waals surface area contributed by atoms with Gasteiger partial charge in [-0.3, -0.25) is 9.59 Å². The van der Waals surface area contributed by atoms with E-state index in [1.54, 1.807) is 36.7 Å². The highest BCUT2D eigenvalue weighted by molar-refractivity contribution is 7.99. The normalized spacial score (nSPS) is 14.1. The Balaban J connectivity index is 1.51. The third-order valence-electron chi connectivity index (χ3n) is 4.58. The third-order valence-corrected chi connectivity index (χ3v) is 5.64. The van der Waals surface area contributed by atoms with E-state index in [0.717, 1.165) is 18.0 Å². The summed E-state index contributed by atoms with van der Waals surface area (Å²) in [6.07, 6.45) is 5.69. The van der Waals surface area contributed by atoms with Crippen LogP contribution in [0.15, 0.2) is 41.8 Å². The number of rotatable bonds is 9. The first-order chi connectivity index (χ1) is 13.9. The summed E-state index contributed by atoms with van der Waals surface area (Å²) in [5.74, 6) is -0.587. The number of imidazole rings is 1. The molecular weight excluding hydrogens is 392 g/mol. The van der Waals surface area contributed by atoms with Gasteiger partial charge in [0, 0.05) is 25.5 Å². The van der Waals surface area contributed by atoms with Crippen molar-refractivity contribution in [3.05, 3.63) is 42.2 Å². The lowest BCUT2D eigenvalue weighted by Crippen LogP contribution is -2.37. The molecule has 1 aliphatic carbocycles. The van der Waals surface area contributed by atoms with Crippen molar-refractivity contribution in [2.24, 2.45) is 13.0 Å². The minimum absolute atomic E-state index is 0.0870. The zero-order valence-corrected chi connectivity index (χ0v) is 17.2. The van der Waals surface area contributed by atoms with Gasteiger partial charge in [-0.15, -0.1) is 0 Å². The van der Waals surface area contributed by atoms with Crippen molar-refractivity contribution < 1.29 is 19.1 Å². The van der Waals surface area contributed by atoms with E-state index < -0.39 is 5.97 Å². The molecule has 1 aromatic heterocycles. The predicted molar refractivity (Wildman–Crippen MR) is 110 cm³/mol. The summed E-state index contributed by atoms with van der Waals surface area (Å²) in [4.78, 5) is 40.8. The SMILES string of the molecule is C[C@@H](NC(=O)COC(=O)c1ccccc1NC(=O)CSc1nccn1C)C1CC1. The van der Waals surface area contributed by atoms with Crippen molar-refractivity contribution in [1.29, 1.82) is 0 Å². The van der Waals surface area contributed by atoms with E-state index in [-0.39, 0.29) is 35.8 Å². The van der Waals surface area contributed by atoms with Gasteiger partial charge in [-0.25, -0.2) is 9.78 Å². The highest BCUT2D eigenvalue weighted by atomic mass is 32.2. The van der Waals surface area contributed by atoms with Crippen molar-refractivity contribution >= 4 is 35.2 Å². The monoisotopic (exact) mass is 416 g/mol. The zero-order chi connectivity index (χ0) is 20.8. The number of nitrogens with zero attached hydrogens (tertiary/aromatic N) is 2. The molecule has 1 aliphatic rings. The van der Waals surface area contributed by atoms with Crippen molar-refractivity contribution in [2.45, 2.75) is 31.0 Å². The summed E-state index contributed by atoms with van der Waals surface area (Å²) in [6.45, 7) is 1.60. The van der Waals surface area contributed by atoms with Crippen molar-refractivity contribution in [1.82, 2.24) is 14.9 Å². The van der Waals surface area contributed by atoms with Gasteiger partial charge in [0.1, 0.15) is 0 Å². The van der Waals surface area contributed by atoms with Gasteiger partial charge in [0.25, 0.3) is 5.91 Å². The molecule has 1 heterocycles. The first kappa shape index (κ1) is 20.9. The van der Waals surface area contributed by atoms with Crippen molar-refractivity contribution in [3.8, 4) is 0 Å². The van der Waals surface area contributed by atoms with E-state index in [1.807, 2.05) is 18.5 Å². The third kappa shape index (κ3) is 6.08. The second kappa shape index (κ2) is 9.60. The number of anilines is 1. The molecule has 154 valence electrons. The summed E-state index contributed by atoms with van der Waals surface area (Å²) >= 11 is 1.29. The van der Waals surface area contributed by atoms with Crippen LogP contribution < -0.4 is 10.6 Å². The number of amides is 2. The molecule has 3 rings (SSSR count). The average molecular weight is 417 g/mol. The van der Waals surface area contributed by atoms with Gasteiger partial charge in [-0.05, 0) is 37.8 Å². The molecule has 8 nitrogen and oxygen atoms in total. The van der Waals surface area contributed by atoms with Gasteiger partial charge in [0.15, 0.2) is 11.8 Å². The van der Waals surface area contributed by atoms with Gasteiger partial charge in [0.05, 0.1) is 17.0 Å². The van der Waals surface area contributed by atoms with E-state index >= 15 is 0 Å². The lowest BCUT2D eigenvalue weighted by Gasteiger charge is -2.14. The molecule has 2 amide bonds. The summed E-state index contributed by atoms with van der Waals surface area (Å²) in [5.41, 5.74) is 0.542. The molecule has 0 aliphatic heterocycles. The van der Waals surface area contributed by atoms with Crippen LogP contribution in [0, 0.1) is 5.92 Å². The Bertz CT molecular complexity index is 894. The molecule has 0 bridgehead atoms. The molecule has 1 fully saturated rings. The van der Waals surface area contributed by atoms with Crippen LogP contribution in [-0.4, -0.2) is 45.7 Å². The van der Waals surface area contributed by atoms with Crippen molar-refractivity contribution in [3.63, 3.8) is 0 Å². The van der Waals surface area contributed by atoms with Crippen LogP contribution in [0.1, 0.15) is 30.1 Å². The molecule has 9 heteroatoms. The number of hydrogen-bond acceptors (Lipinski definition) is 6. The number of para-hydroxylation sites is 1. The second-order valence-corrected chi connectivity index (χ2v) is 7.92. The molecule has 2 N–H and O–H groups in total. The quantitative estimate of drug-likeness (QED) is 0.480. The summed E-state index contributed by atoms with van der Waals surface area (Å²) in [6, 6.07) is 6.64. The molecule has 29 heavy (non-hydrogen) atoms. The van der Waals surface area contributed by atoms with Crippen LogP contribution in [0.25, 0.3) is 0 Å². The maximum atomic E-state index is 12.4. The highest BCUT2D eigenvalue weighted by Gasteiger charge is 2.29. The van der Waals surface area contributed by atoms with Crippen molar-refractivity contribution in [2.75, 3.05) is 17.7 Å². The van der Waals surface area contributed by atoms with Crippen LogP contribution in [0.2, 0.25) is 0 Å². The first-order valence-electron chi connectivity index (χ1n) is 9.39. The second-order valence-electron chi connectivity index (χ2n) is 6.97. The standard InChI is InChI=1S/C20H24N4O4S/c1-13(14-7-8-14)22-17(25)11-28-19(27)15-5-3-4-6-16(15)23-18(26)12-29-20-21-9-10-24(20)2/h3-6,9-10,13-14H,7-8,11-12H2,1-2H3,(H,22,25)(H,23,26)/t13-/m1/s1. The van der Waals surface area contributed by atoms with E-state index in [2.05, 4.69) is 15.6 Å². The Kier molecular flexibility index (Phi) is 6.92. The minimum Gasteiger partial charge on any atom is -0.452 e. The molecule has 2 aromatic rings. The zero-order valence-electron chi connectivity index (χ0n) is 16.4. The van der Waals surface area contributed by atoms with E-state index in [1.165, 1.54) is 11.8 Å². The Morgan fingerprint density at radius 3 is 2.72 bits per heavy atom. The fraction of sp³-hybridized carbons (Fsp3) is 0.400. The topological polar surface area (TPSA) is 102 Å². The van der Waals surface area contributed by atoms with Gasteiger partial charge >= 0.3 is 5.97 Å². The number of aromatic nitrogens is 2. The van der Waals surface area contributed by atoms with Crippen LogP contribution in [-0.2, 0) is 21.4 Å². The number of carbonyl (C=O) groups is 3. The fourth-order valence-corrected chi connectivity index (χ4v) is 3.53. The Morgan fingerprint density at radius 1 is 1.28 bits per heavy atom. The number of benzene rings is 1. The number of hydrogen-bond donors (Lipinski definition) is 2. The van der Waals surface area contributed by atoms with E-state index in [9.17, 15) is 14.4 Å². The average Bonchev–Trinajstić information content (AvgIpc) is 3.47. The Labute approximate surface area is 173 Å².